The van der Waals surface area contributed by atoms with E-state index in [9.17, 15) is 0 Å². The topological polar surface area (TPSA) is 0 Å². The Bertz CT molecular complexity index is 2120. The Morgan fingerprint density at radius 1 is 0.340 bits per heavy atom. The molecule has 0 aliphatic heterocycles. The average molecular weight is 609 g/mol. The first-order valence-corrected chi connectivity index (χ1v) is 17.7. The summed E-state index contributed by atoms with van der Waals surface area (Å²) in [5.41, 5.74) is 20.7. The van der Waals surface area contributed by atoms with Gasteiger partial charge in [-0.25, -0.2) is 0 Å². The molecular weight excluding hydrogens is 565 g/mol. The van der Waals surface area contributed by atoms with Crippen molar-refractivity contribution < 1.29 is 0 Å². The highest BCUT2D eigenvalue weighted by atomic mass is 14.4. The molecule has 0 fully saturated rings. The first-order valence-electron chi connectivity index (χ1n) is 17.7. The third-order valence-corrected chi connectivity index (χ3v) is 12.0. The highest BCUT2D eigenvalue weighted by molar-refractivity contribution is 5.87. The van der Waals surface area contributed by atoms with Gasteiger partial charge in [0.2, 0.25) is 0 Å². The Labute approximate surface area is 281 Å². The molecule has 0 saturated carbocycles. The molecule has 232 valence electrons. The van der Waals surface area contributed by atoms with Gasteiger partial charge in [0.1, 0.15) is 0 Å². The van der Waals surface area contributed by atoms with Gasteiger partial charge in [-0.15, -0.1) is 0 Å². The summed E-state index contributed by atoms with van der Waals surface area (Å²) < 4.78 is 0. The molecule has 0 radical (unpaired) electrons. The Morgan fingerprint density at radius 2 is 0.660 bits per heavy atom. The van der Waals surface area contributed by atoms with Crippen LogP contribution in [-0.4, -0.2) is 0 Å². The van der Waals surface area contributed by atoms with E-state index in [0.29, 0.717) is 0 Å². The van der Waals surface area contributed by atoms with E-state index in [1.54, 1.807) is 0 Å². The Kier molecular flexibility index (Phi) is 7.10. The van der Waals surface area contributed by atoms with Crippen LogP contribution in [0.4, 0.5) is 0 Å². The summed E-state index contributed by atoms with van der Waals surface area (Å²) >= 11 is 0. The van der Waals surface area contributed by atoms with Crippen LogP contribution in [0, 0.1) is 6.92 Å². The SMILES string of the molecule is CCC1(CC)c2ccccc2-c2ccc(-c3ccc(-c4ccc5c(c4)C(CC)(CC)c4cc(-c6ccc(C)cc6)ccc4-5)cc3)cc21. The van der Waals surface area contributed by atoms with Crippen LogP contribution in [0.2, 0.25) is 0 Å². The Hall–Kier alpha value is -4.68. The normalized spacial score (nSPS) is 14.7. The van der Waals surface area contributed by atoms with Gasteiger partial charge in [0.15, 0.2) is 0 Å². The fourth-order valence-corrected chi connectivity index (χ4v) is 9.11. The van der Waals surface area contributed by atoms with Crippen LogP contribution < -0.4 is 0 Å². The molecule has 0 heteroatoms. The second-order valence-corrected chi connectivity index (χ2v) is 13.8. The van der Waals surface area contributed by atoms with Crippen molar-refractivity contribution in [2.75, 3.05) is 0 Å². The summed E-state index contributed by atoms with van der Waals surface area (Å²) in [4.78, 5) is 0. The van der Waals surface area contributed by atoms with Crippen LogP contribution >= 0.6 is 0 Å². The van der Waals surface area contributed by atoms with Crippen molar-refractivity contribution in [3.8, 4) is 55.6 Å². The minimum absolute atomic E-state index is 0.0222. The summed E-state index contributed by atoms with van der Waals surface area (Å²) in [7, 11) is 0. The number of hydrogen-bond acceptors (Lipinski definition) is 0. The van der Waals surface area contributed by atoms with Gasteiger partial charge in [0.05, 0.1) is 0 Å². The zero-order valence-electron chi connectivity index (χ0n) is 28.5. The van der Waals surface area contributed by atoms with E-state index >= 15 is 0 Å². The lowest BCUT2D eigenvalue weighted by molar-refractivity contribution is 0.490. The zero-order chi connectivity index (χ0) is 32.3. The van der Waals surface area contributed by atoms with Gasteiger partial charge in [-0.1, -0.05) is 142 Å². The summed E-state index contributed by atoms with van der Waals surface area (Å²) in [5.74, 6) is 0. The van der Waals surface area contributed by atoms with Crippen LogP contribution in [0.15, 0.2) is 127 Å². The maximum Gasteiger partial charge on any atom is 0.0210 e. The number of benzene rings is 6. The molecule has 0 heterocycles. The van der Waals surface area contributed by atoms with Crippen LogP contribution in [0.1, 0.15) is 81.2 Å². The largest absolute Gasteiger partial charge is 0.0642 e. The first-order chi connectivity index (χ1) is 23.0. The third-order valence-electron chi connectivity index (χ3n) is 12.0. The number of aryl methyl sites for hydroxylation is 1. The van der Waals surface area contributed by atoms with E-state index in [-0.39, 0.29) is 10.8 Å². The maximum atomic E-state index is 2.49. The summed E-state index contributed by atoms with van der Waals surface area (Å²) in [6, 6.07) is 48.8. The van der Waals surface area contributed by atoms with E-state index in [0.717, 1.165) is 25.7 Å². The molecular formula is C47H44. The molecule has 0 spiro atoms. The van der Waals surface area contributed by atoms with Crippen molar-refractivity contribution in [2.24, 2.45) is 0 Å². The third kappa shape index (κ3) is 4.34. The molecule has 0 bridgehead atoms. The van der Waals surface area contributed by atoms with E-state index in [1.165, 1.54) is 83.5 Å². The predicted octanol–water partition coefficient (Wildman–Crippen LogP) is 13.2. The Balaban J connectivity index is 1.14. The minimum atomic E-state index is 0.0222. The van der Waals surface area contributed by atoms with Crippen LogP contribution in [-0.2, 0) is 10.8 Å². The molecule has 0 atom stereocenters. The van der Waals surface area contributed by atoms with Gasteiger partial charge in [0.25, 0.3) is 0 Å². The van der Waals surface area contributed by atoms with Crippen LogP contribution in [0.3, 0.4) is 0 Å². The van der Waals surface area contributed by atoms with Gasteiger partial charge < -0.3 is 0 Å². The monoisotopic (exact) mass is 608 g/mol. The van der Waals surface area contributed by atoms with Crippen LogP contribution in [0.25, 0.3) is 55.6 Å². The predicted molar refractivity (Wildman–Crippen MR) is 201 cm³/mol. The number of fused-ring (bicyclic) bond motifs is 6. The smallest absolute Gasteiger partial charge is 0.0210 e. The quantitative estimate of drug-likeness (QED) is 0.169. The van der Waals surface area contributed by atoms with E-state index < -0.39 is 0 Å². The molecule has 6 aromatic carbocycles. The Morgan fingerprint density at radius 3 is 1.06 bits per heavy atom. The van der Waals surface area contributed by atoms with Gasteiger partial charge in [0, 0.05) is 10.8 Å². The van der Waals surface area contributed by atoms with E-state index in [2.05, 4.69) is 162 Å². The lowest BCUT2D eigenvalue weighted by Gasteiger charge is -2.30. The molecule has 0 saturated heterocycles. The lowest BCUT2D eigenvalue weighted by atomic mass is 9.73. The van der Waals surface area contributed by atoms with Gasteiger partial charge in [-0.2, -0.15) is 0 Å². The number of hydrogen-bond donors (Lipinski definition) is 0. The molecule has 0 unspecified atom stereocenters. The van der Waals surface area contributed by atoms with E-state index in [1.807, 2.05) is 0 Å². The van der Waals surface area contributed by atoms with Crippen molar-refractivity contribution in [2.45, 2.75) is 71.1 Å². The molecule has 0 amide bonds. The second kappa shape index (κ2) is 11.2. The molecule has 0 nitrogen and oxygen atoms in total. The molecule has 8 rings (SSSR count). The number of rotatable bonds is 7. The van der Waals surface area contributed by atoms with E-state index in [4.69, 9.17) is 0 Å². The van der Waals surface area contributed by atoms with Crippen molar-refractivity contribution in [3.63, 3.8) is 0 Å². The van der Waals surface area contributed by atoms with Crippen molar-refractivity contribution in [1.82, 2.24) is 0 Å². The molecule has 0 N–H and O–H groups in total. The molecule has 47 heavy (non-hydrogen) atoms. The van der Waals surface area contributed by atoms with Gasteiger partial charge >= 0.3 is 0 Å². The average Bonchev–Trinajstić information content (AvgIpc) is 3.58. The van der Waals surface area contributed by atoms with Crippen molar-refractivity contribution in [1.29, 1.82) is 0 Å². The van der Waals surface area contributed by atoms with Gasteiger partial charge in [-0.3, -0.25) is 0 Å². The fourth-order valence-electron chi connectivity index (χ4n) is 9.11. The minimum Gasteiger partial charge on any atom is -0.0642 e. The molecule has 6 aromatic rings. The fraction of sp³-hybridized carbons (Fsp3) is 0.234. The van der Waals surface area contributed by atoms with Gasteiger partial charge in [-0.05, 0) is 129 Å². The highest BCUT2D eigenvalue weighted by Gasteiger charge is 2.42. The maximum absolute atomic E-state index is 2.49. The summed E-state index contributed by atoms with van der Waals surface area (Å²) in [6.45, 7) is 11.6. The van der Waals surface area contributed by atoms with Crippen LogP contribution in [0.5, 0.6) is 0 Å². The first kappa shape index (κ1) is 29.7. The second-order valence-electron chi connectivity index (χ2n) is 13.8. The van der Waals surface area contributed by atoms with Crippen molar-refractivity contribution >= 4 is 0 Å². The molecule has 2 aliphatic carbocycles. The summed E-state index contributed by atoms with van der Waals surface area (Å²) in [5, 5.41) is 0. The summed E-state index contributed by atoms with van der Waals surface area (Å²) in [6.07, 6.45) is 4.40. The lowest BCUT2D eigenvalue weighted by Crippen LogP contribution is -2.23. The molecule has 0 aromatic heterocycles. The molecule has 2 aliphatic rings. The zero-order valence-corrected chi connectivity index (χ0v) is 28.5. The standard InChI is InChI=1S/C47H44/c1-6-46(7-2)42-13-11-10-12-38(42)39-25-22-36(28-43(39)46)33-18-20-34(21-19-33)37-24-27-41-40-26-23-35(32-16-14-31(5)15-17-32)29-44(40)47(8-3,9-4)45(41)30-37/h10-30H,6-9H2,1-5H3. The van der Waals surface area contributed by atoms with Crippen molar-refractivity contribution in [3.05, 3.63) is 155 Å². The highest BCUT2D eigenvalue weighted by Crippen LogP contribution is 2.55.